The van der Waals surface area contributed by atoms with Gasteiger partial charge in [0.15, 0.2) is 0 Å². The molecule has 2 rings (SSSR count). The van der Waals surface area contributed by atoms with E-state index in [4.69, 9.17) is 10.5 Å². The van der Waals surface area contributed by atoms with E-state index in [0.717, 1.165) is 5.75 Å². The maximum Gasteiger partial charge on any atom is 0.211 e. The van der Waals surface area contributed by atoms with Crippen LogP contribution in [-0.4, -0.2) is 38.2 Å². The van der Waals surface area contributed by atoms with Crippen molar-refractivity contribution in [1.29, 1.82) is 0 Å². The minimum atomic E-state index is -3.07. The van der Waals surface area contributed by atoms with E-state index in [-0.39, 0.29) is 6.10 Å². The van der Waals surface area contributed by atoms with Gasteiger partial charge in [0.05, 0.1) is 6.26 Å². The van der Waals surface area contributed by atoms with Crippen molar-refractivity contribution in [2.45, 2.75) is 18.9 Å². The van der Waals surface area contributed by atoms with Crippen LogP contribution in [-0.2, 0) is 10.0 Å². The first kappa shape index (κ1) is 13.2. The van der Waals surface area contributed by atoms with Crippen molar-refractivity contribution < 1.29 is 13.2 Å². The molecule has 2 N–H and O–H groups in total. The summed E-state index contributed by atoms with van der Waals surface area (Å²) in [6.07, 6.45) is 2.72. The molecule has 0 spiro atoms. The second-order valence-electron chi connectivity index (χ2n) is 4.55. The number of nitrogen functional groups attached to an aromatic ring is 1. The van der Waals surface area contributed by atoms with Gasteiger partial charge in [0, 0.05) is 24.8 Å². The summed E-state index contributed by atoms with van der Waals surface area (Å²) in [6, 6.07) is 7.29. The normalized spacial score (nSPS) is 18.7. The Hall–Kier alpha value is -1.27. The van der Waals surface area contributed by atoms with Gasteiger partial charge in [-0.1, -0.05) is 6.07 Å². The zero-order valence-electron chi connectivity index (χ0n) is 10.4. The molecule has 1 aliphatic heterocycles. The predicted octanol–water partition coefficient (Wildman–Crippen LogP) is 1.07. The Balaban J connectivity index is 1.91. The lowest BCUT2D eigenvalue weighted by Crippen LogP contribution is -2.41. The minimum Gasteiger partial charge on any atom is -0.490 e. The molecule has 18 heavy (non-hydrogen) atoms. The molecule has 1 aliphatic rings. The summed E-state index contributed by atoms with van der Waals surface area (Å²) in [4.78, 5) is 0. The fourth-order valence-electron chi connectivity index (χ4n) is 2.06. The van der Waals surface area contributed by atoms with E-state index in [2.05, 4.69) is 0 Å². The standard InChI is InChI=1S/C12H18N2O3S/c1-18(15,16)14-7-5-11(6-8-14)17-12-4-2-3-10(13)9-12/h2-4,9,11H,5-8,13H2,1H3. The van der Waals surface area contributed by atoms with Crippen LogP contribution in [0.2, 0.25) is 0 Å². The first-order valence-electron chi connectivity index (χ1n) is 5.92. The molecule has 0 saturated carbocycles. The summed E-state index contributed by atoms with van der Waals surface area (Å²) in [7, 11) is -3.07. The zero-order valence-corrected chi connectivity index (χ0v) is 11.2. The number of nitrogens with two attached hydrogens (primary N) is 1. The van der Waals surface area contributed by atoms with Crippen LogP contribution in [0.3, 0.4) is 0 Å². The monoisotopic (exact) mass is 270 g/mol. The van der Waals surface area contributed by atoms with E-state index in [1.165, 1.54) is 10.6 Å². The average Bonchev–Trinajstić information content (AvgIpc) is 2.28. The second-order valence-corrected chi connectivity index (χ2v) is 6.53. The van der Waals surface area contributed by atoms with Crippen molar-refractivity contribution in [2.24, 2.45) is 0 Å². The first-order valence-corrected chi connectivity index (χ1v) is 7.77. The maximum atomic E-state index is 11.4. The smallest absolute Gasteiger partial charge is 0.211 e. The molecule has 1 aromatic carbocycles. The highest BCUT2D eigenvalue weighted by molar-refractivity contribution is 7.88. The van der Waals surface area contributed by atoms with E-state index < -0.39 is 10.0 Å². The predicted molar refractivity (Wildman–Crippen MR) is 70.9 cm³/mol. The van der Waals surface area contributed by atoms with Gasteiger partial charge in [-0.15, -0.1) is 0 Å². The van der Waals surface area contributed by atoms with Gasteiger partial charge in [0.2, 0.25) is 10.0 Å². The molecule has 0 atom stereocenters. The van der Waals surface area contributed by atoms with Gasteiger partial charge in [0.25, 0.3) is 0 Å². The van der Waals surface area contributed by atoms with Gasteiger partial charge >= 0.3 is 0 Å². The minimum absolute atomic E-state index is 0.0600. The van der Waals surface area contributed by atoms with Gasteiger partial charge < -0.3 is 10.5 Å². The number of sulfonamides is 1. The van der Waals surface area contributed by atoms with Crippen molar-refractivity contribution in [3.05, 3.63) is 24.3 Å². The SMILES string of the molecule is CS(=O)(=O)N1CCC(Oc2cccc(N)c2)CC1. The summed E-state index contributed by atoms with van der Waals surface area (Å²) in [5, 5.41) is 0. The van der Waals surface area contributed by atoms with Crippen LogP contribution in [0.25, 0.3) is 0 Å². The Morgan fingerprint density at radius 2 is 2.00 bits per heavy atom. The lowest BCUT2D eigenvalue weighted by molar-refractivity contribution is 0.135. The molecule has 1 aromatic rings. The molecule has 1 fully saturated rings. The highest BCUT2D eigenvalue weighted by atomic mass is 32.2. The summed E-state index contributed by atoms with van der Waals surface area (Å²) in [5.74, 6) is 0.743. The number of hydrogen-bond acceptors (Lipinski definition) is 4. The lowest BCUT2D eigenvalue weighted by Gasteiger charge is -2.30. The van der Waals surface area contributed by atoms with Crippen molar-refractivity contribution in [3.8, 4) is 5.75 Å². The fraction of sp³-hybridized carbons (Fsp3) is 0.500. The van der Waals surface area contributed by atoms with E-state index in [0.29, 0.717) is 31.6 Å². The van der Waals surface area contributed by atoms with Crippen molar-refractivity contribution in [2.75, 3.05) is 25.1 Å². The van der Waals surface area contributed by atoms with Gasteiger partial charge in [-0.3, -0.25) is 0 Å². The van der Waals surface area contributed by atoms with Crippen LogP contribution in [0, 0.1) is 0 Å². The van der Waals surface area contributed by atoms with Gasteiger partial charge in [-0.05, 0) is 25.0 Å². The number of piperidine rings is 1. The second kappa shape index (κ2) is 5.16. The number of benzene rings is 1. The van der Waals surface area contributed by atoms with Crippen LogP contribution in [0.15, 0.2) is 24.3 Å². The van der Waals surface area contributed by atoms with E-state index >= 15 is 0 Å². The van der Waals surface area contributed by atoms with Crippen molar-refractivity contribution >= 4 is 15.7 Å². The number of hydrogen-bond donors (Lipinski definition) is 1. The third-order valence-corrected chi connectivity index (χ3v) is 4.33. The number of nitrogens with zero attached hydrogens (tertiary/aromatic N) is 1. The van der Waals surface area contributed by atoms with E-state index in [1.807, 2.05) is 12.1 Å². The topological polar surface area (TPSA) is 72.6 Å². The molecule has 1 saturated heterocycles. The van der Waals surface area contributed by atoms with Crippen LogP contribution >= 0.6 is 0 Å². The van der Waals surface area contributed by atoms with E-state index in [9.17, 15) is 8.42 Å². The Kier molecular flexibility index (Phi) is 3.77. The Morgan fingerprint density at radius 1 is 1.33 bits per heavy atom. The zero-order chi connectivity index (χ0) is 13.2. The average molecular weight is 270 g/mol. The van der Waals surface area contributed by atoms with Gasteiger partial charge in [-0.25, -0.2) is 12.7 Å². The van der Waals surface area contributed by atoms with Crippen LogP contribution in [0.4, 0.5) is 5.69 Å². The molecule has 0 aromatic heterocycles. The fourth-order valence-corrected chi connectivity index (χ4v) is 2.94. The third-order valence-electron chi connectivity index (χ3n) is 3.03. The third kappa shape index (κ3) is 3.36. The lowest BCUT2D eigenvalue weighted by atomic mass is 10.1. The summed E-state index contributed by atoms with van der Waals surface area (Å²) >= 11 is 0. The summed E-state index contributed by atoms with van der Waals surface area (Å²) < 4.78 is 30.0. The molecule has 5 nitrogen and oxygen atoms in total. The van der Waals surface area contributed by atoms with Crippen LogP contribution in [0.5, 0.6) is 5.75 Å². The Labute approximate surface area is 108 Å². The number of ether oxygens (including phenoxy) is 1. The van der Waals surface area contributed by atoms with Crippen molar-refractivity contribution in [1.82, 2.24) is 4.31 Å². The molecule has 0 unspecified atom stereocenters. The Bertz CT molecular complexity index is 508. The Morgan fingerprint density at radius 3 is 2.56 bits per heavy atom. The molecular weight excluding hydrogens is 252 g/mol. The highest BCUT2D eigenvalue weighted by Crippen LogP contribution is 2.21. The molecular formula is C12H18N2O3S. The largest absolute Gasteiger partial charge is 0.490 e. The molecule has 0 bridgehead atoms. The molecule has 0 amide bonds. The van der Waals surface area contributed by atoms with E-state index in [1.54, 1.807) is 12.1 Å². The number of anilines is 1. The number of rotatable bonds is 3. The highest BCUT2D eigenvalue weighted by Gasteiger charge is 2.25. The summed E-state index contributed by atoms with van der Waals surface area (Å²) in [5.41, 5.74) is 6.34. The molecule has 0 aliphatic carbocycles. The molecule has 1 heterocycles. The van der Waals surface area contributed by atoms with Crippen LogP contribution in [0.1, 0.15) is 12.8 Å². The molecule has 100 valence electrons. The molecule has 6 heteroatoms. The van der Waals surface area contributed by atoms with Crippen molar-refractivity contribution in [3.63, 3.8) is 0 Å². The maximum absolute atomic E-state index is 11.4. The summed E-state index contributed by atoms with van der Waals surface area (Å²) in [6.45, 7) is 1.04. The quantitative estimate of drug-likeness (QED) is 0.834. The van der Waals surface area contributed by atoms with Crippen LogP contribution < -0.4 is 10.5 Å². The van der Waals surface area contributed by atoms with Gasteiger partial charge in [0.1, 0.15) is 11.9 Å². The molecule has 0 radical (unpaired) electrons. The first-order chi connectivity index (χ1) is 8.45. The van der Waals surface area contributed by atoms with Gasteiger partial charge in [-0.2, -0.15) is 0 Å².